The molecule has 2 aliphatic rings. The van der Waals surface area contributed by atoms with Crippen molar-refractivity contribution in [3.63, 3.8) is 0 Å². The summed E-state index contributed by atoms with van der Waals surface area (Å²) in [7, 11) is 0. The second-order valence-corrected chi connectivity index (χ2v) is 7.24. The predicted molar refractivity (Wildman–Crippen MR) is 98.7 cm³/mol. The van der Waals surface area contributed by atoms with E-state index in [0.717, 1.165) is 4.90 Å². The predicted octanol–water partition coefficient (Wildman–Crippen LogP) is 2.94. The molecule has 1 amide bonds. The van der Waals surface area contributed by atoms with E-state index in [1.54, 1.807) is 11.0 Å². The highest BCUT2D eigenvalue weighted by atomic mass is 35.5. The highest BCUT2D eigenvalue weighted by molar-refractivity contribution is 6.37. The first-order valence-corrected chi connectivity index (χ1v) is 9.11. The van der Waals surface area contributed by atoms with Crippen LogP contribution in [0.15, 0.2) is 23.3 Å². The minimum absolute atomic E-state index is 0.00236. The van der Waals surface area contributed by atoms with Crippen LogP contribution in [0.25, 0.3) is 0 Å². The average Bonchev–Trinajstić information content (AvgIpc) is 3.18. The highest BCUT2D eigenvalue weighted by Crippen LogP contribution is 2.33. The van der Waals surface area contributed by atoms with Gasteiger partial charge in [-0.25, -0.2) is 19.8 Å². The third kappa shape index (κ3) is 4.42. The first-order valence-electron chi connectivity index (χ1n) is 8.36. The van der Waals surface area contributed by atoms with Gasteiger partial charge in [0.25, 0.3) is 5.96 Å². The smallest absolute Gasteiger partial charge is 0.407 e. The van der Waals surface area contributed by atoms with Crippen molar-refractivity contribution in [2.45, 2.75) is 6.92 Å². The second kappa shape index (κ2) is 8.28. The van der Waals surface area contributed by atoms with E-state index in [1.165, 1.54) is 12.1 Å². The van der Waals surface area contributed by atoms with Crippen LogP contribution in [0.1, 0.15) is 6.92 Å². The van der Waals surface area contributed by atoms with Gasteiger partial charge in [0.2, 0.25) is 0 Å². The summed E-state index contributed by atoms with van der Waals surface area (Å²) in [5.74, 6) is 0.468. The summed E-state index contributed by atoms with van der Waals surface area (Å²) in [5, 5.41) is 13.9. The second-order valence-electron chi connectivity index (χ2n) is 6.43. The normalized spacial score (nSPS) is 23.9. The zero-order valence-corrected chi connectivity index (χ0v) is 16.0. The van der Waals surface area contributed by atoms with Crippen LogP contribution in [0.4, 0.5) is 4.79 Å². The number of rotatable bonds is 4. The molecule has 27 heavy (non-hydrogen) atoms. The van der Waals surface area contributed by atoms with Gasteiger partial charge >= 0.3 is 6.09 Å². The minimum Gasteiger partial charge on any atom is -0.407 e. The van der Waals surface area contributed by atoms with E-state index >= 15 is 0 Å². The number of carbonyl (C=O) groups is 1. The maximum Gasteiger partial charge on any atom is 0.422 e. The molecule has 2 heterocycles. The number of nitro groups is 1. The molecule has 3 rings (SSSR count). The van der Waals surface area contributed by atoms with Crippen LogP contribution >= 0.6 is 23.2 Å². The first-order chi connectivity index (χ1) is 12.9. The van der Waals surface area contributed by atoms with Gasteiger partial charge in [-0.3, -0.25) is 0 Å². The van der Waals surface area contributed by atoms with Crippen LogP contribution in [0.3, 0.4) is 0 Å². The Kier molecular flexibility index (Phi) is 6.03. The van der Waals surface area contributed by atoms with Crippen molar-refractivity contribution in [3.8, 4) is 5.75 Å². The Hall–Kier alpha value is -2.10. The molecule has 0 aromatic heterocycles. The molecule has 1 aromatic carbocycles. The van der Waals surface area contributed by atoms with Gasteiger partial charge in [0, 0.05) is 25.6 Å². The molecule has 9 nitrogen and oxygen atoms in total. The number of hydrazone groups is 1. The standard InChI is InChI=1S/C16H18Cl2N4O5/c1-10-8-26-9-11(10)7-20-5-6-21(15(20)19-22(24)25)16(23)27-14-12(17)3-2-4-13(14)18/h2-4,10-11H,5-9H2,1H3. The Morgan fingerprint density at radius 2 is 2.07 bits per heavy atom. The number of hydrogen-bond donors (Lipinski definition) is 0. The van der Waals surface area contributed by atoms with E-state index in [4.69, 9.17) is 32.7 Å². The fourth-order valence-corrected chi connectivity index (χ4v) is 3.55. The lowest BCUT2D eigenvalue weighted by molar-refractivity contribution is -0.486. The van der Waals surface area contributed by atoms with Crippen LogP contribution < -0.4 is 4.74 Å². The summed E-state index contributed by atoms with van der Waals surface area (Å²) in [6, 6.07) is 4.67. The van der Waals surface area contributed by atoms with Gasteiger partial charge in [-0.1, -0.05) is 36.2 Å². The van der Waals surface area contributed by atoms with Gasteiger partial charge in [-0.15, -0.1) is 0 Å². The van der Waals surface area contributed by atoms with Crippen molar-refractivity contribution < 1.29 is 19.3 Å². The molecule has 0 aliphatic carbocycles. The fraction of sp³-hybridized carbons (Fsp3) is 0.500. The molecular weight excluding hydrogens is 399 g/mol. The SMILES string of the molecule is CC1COCC1CN1CCN(C(=O)Oc2c(Cl)cccc2Cl)C1=N[N+](=O)[O-]. The summed E-state index contributed by atoms with van der Waals surface area (Å²) in [5.41, 5.74) is 0. The molecule has 0 spiro atoms. The van der Waals surface area contributed by atoms with Crippen molar-refractivity contribution in [3.05, 3.63) is 38.4 Å². The fourth-order valence-electron chi connectivity index (χ4n) is 3.07. The molecule has 2 atom stereocenters. The quantitative estimate of drug-likeness (QED) is 0.552. The maximum absolute atomic E-state index is 12.6. The third-order valence-corrected chi connectivity index (χ3v) is 5.19. The summed E-state index contributed by atoms with van der Waals surface area (Å²) in [4.78, 5) is 26.4. The topological polar surface area (TPSA) is 97.5 Å². The minimum atomic E-state index is -0.830. The summed E-state index contributed by atoms with van der Waals surface area (Å²) in [6.45, 7) is 4.39. The van der Waals surface area contributed by atoms with Crippen LogP contribution in [-0.2, 0) is 4.74 Å². The van der Waals surface area contributed by atoms with E-state index in [2.05, 4.69) is 12.0 Å². The Balaban J connectivity index is 1.77. The Morgan fingerprint density at radius 1 is 1.37 bits per heavy atom. The first kappa shape index (κ1) is 19.7. The average molecular weight is 417 g/mol. The van der Waals surface area contributed by atoms with Crippen molar-refractivity contribution in [1.82, 2.24) is 9.80 Å². The molecule has 146 valence electrons. The lowest BCUT2D eigenvalue weighted by atomic mass is 9.98. The number of amides is 1. The van der Waals surface area contributed by atoms with Crippen LogP contribution in [0.5, 0.6) is 5.75 Å². The number of guanidine groups is 1. The van der Waals surface area contributed by atoms with Crippen molar-refractivity contribution >= 4 is 35.3 Å². The van der Waals surface area contributed by atoms with Crippen molar-refractivity contribution in [2.24, 2.45) is 16.9 Å². The van der Waals surface area contributed by atoms with Crippen LogP contribution in [0, 0.1) is 22.0 Å². The van der Waals surface area contributed by atoms with E-state index in [-0.39, 0.29) is 34.2 Å². The van der Waals surface area contributed by atoms with Gasteiger partial charge in [0.05, 0.1) is 23.2 Å². The molecular formula is C16H18Cl2N4O5. The molecule has 0 saturated carbocycles. The van der Waals surface area contributed by atoms with Gasteiger partial charge in [-0.05, 0) is 18.1 Å². The van der Waals surface area contributed by atoms with E-state index in [9.17, 15) is 14.9 Å². The third-order valence-electron chi connectivity index (χ3n) is 4.59. The summed E-state index contributed by atoms with van der Waals surface area (Å²) in [6.07, 6.45) is -0.830. The monoisotopic (exact) mass is 416 g/mol. The lowest BCUT2D eigenvalue weighted by Crippen LogP contribution is -2.42. The summed E-state index contributed by atoms with van der Waals surface area (Å²) >= 11 is 12.0. The van der Waals surface area contributed by atoms with Crippen LogP contribution in [0.2, 0.25) is 10.0 Å². The van der Waals surface area contributed by atoms with E-state index in [0.29, 0.717) is 32.2 Å². The molecule has 0 N–H and O–H groups in total. The number of para-hydroxylation sites is 1. The molecule has 2 saturated heterocycles. The number of benzene rings is 1. The van der Waals surface area contributed by atoms with Gasteiger partial charge in [-0.2, -0.15) is 0 Å². The maximum atomic E-state index is 12.6. The highest BCUT2D eigenvalue weighted by Gasteiger charge is 2.38. The number of hydrogen-bond acceptors (Lipinski definition) is 5. The molecule has 2 aliphatic heterocycles. The Bertz CT molecular complexity index is 755. The number of halogens is 2. The summed E-state index contributed by atoms with van der Waals surface area (Å²) < 4.78 is 10.7. The van der Waals surface area contributed by atoms with Gasteiger partial charge in [0.15, 0.2) is 10.8 Å². The van der Waals surface area contributed by atoms with Crippen molar-refractivity contribution in [2.75, 3.05) is 32.8 Å². The van der Waals surface area contributed by atoms with Gasteiger partial charge in [0.1, 0.15) is 5.10 Å². The Morgan fingerprint density at radius 3 is 2.67 bits per heavy atom. The molecule has 11 heteroatoms. The van der Waals surface area contributed by atoms with E-state index < -0.39 is 11.1 Å². The largest absolute Gasteiger partial charge is 0.422 e. The van der Waals surface area contributed by atoms with Crippen molar-refractivity contribution in [1.29, 1.82) is 0 Å². The number of ether oxygens (including phenoxy) is 2. The van der Waals surface area contributed by atoms with Gasteiger partial charge < -0.3 is 14.4 Å². The molecule has 0 radical (unpaired) electrons. The molecule has 0 bridgehead atoms. The Labute approximate surface area is 165 Å². The zero-order chi connectivity index (χ0) is 19.6. The zero-order valence-electron chi connectivity index (χ0n) is 14.5. The molecule has 2 fully saturated rings. The number of carbonyl (C=O) groups excluding carboxylic acids is 1. The molecule has 1 aromatic rings. The molecule has 2 unspecified atom stereocenters. The lowest BCUT2D eigenvalue weighted by Gasteiger charge is -2.23. The van der Waals surface area contributed by atoms with E-state index in [1.807, 2.05) is 0 Å². The number of nitrogens with zero attached hydrogens (tertiary/aromatic N) is 4. The van der Waals surface area contributed by atoms with Crippen LogP contribution in [-0.4, -0.2) is 59.7 Å².